The Hall–Kier alpha value is -1.93. The average Bonchev–Trinajstić information content (AvgIpc) is 2.96. The number of rotatable bonds is 3. The zero-order chi connectivity index (χ0) is 17.3. The first-order valence-corrected chi connectivity index (χ1v) is 8.43. The normalized spacial score (nSPS) is 24.3. The van der Waals surface area contributed by atoms with Crippen molar-refractivity contribution in [3.63, 3.8) is 0 Å². The van der Waals surface area contributed by atoms with E-state index in [9.17, 15) is 19.5 Å². The highest BCUT2D eigenvalue weighted by Gasteiger charge is 2.41. The van der Waals surface area contributed by atoms with Crippen LogP contribution in [0, 0.1) is 5.92 Å². The van der Waals surface area contributed by atoms with Crippen LogP contribution in [0.4, 0.5) is 5.69 Å². The third kappa shape index (κ3) is 3.29. The fourth-order valence-corrected chi connectivity index (χ4v) is 3.46. The zero-order valence-electron chi connectivity index (χ0n) is 12.9. The summed E-state index contributed by atoms with van der Waals surface area (Å²) in [6.45, 7) is 0.789. The molecule has 8 heteroatoms. The predicted octanol–water partition coefficient (Wildman–Crippen LogP) is 1.11. The molecule has 0 spiro atoms. The molecule has 1 aromatic carbocycles. The number of aliphatic carboxylic acids is 1. The minimum Gasteiger partial charge on any atom is -0.480 e. The van der Waals surface area contributed by atoms with E-state index in [0.29, 0.717) is 6.61 Å². The maximum atomic E-state index is 12.7. The van der Waals surface area contributed by atoms with Crippen molar-refractivity contribution in [1.29, 1.82) is 0 Å². The van der Waals surface area contributed by atoms with E-state index in [2.05, 4.69) is 15.9 Å². The first-order chi connectivity index (χ1) is 11.5. The van der Waals surface area contributed by atoms with Crippen LogP contribution in [0.15, 0.2) is 28.7 Å². The number of carboxylic acids is 1. The Bertz CT molecular complexity index is 680. The van der Waals surface area contributed by atoms with Crippen molar-refractivity contribution >= 4 is 39.4 Å². The van der Waals surface area contributed by atoms with Gasteiger partial charge in [-0.25, -0.2) is 4.79 Å². The van der Waals surface area contributed by atoms with Gasteiger partial charge in [-0.3, -0.25) is 9.59 Å². The lowest BCUT2D eigenvalue weighted by Crippen LogP contribution is -2.54. The summed E-state index contributed by atoms with van der Waals surface area (Å²) in [5.74, 6) is -2.05. The topological polar surface area (TPSA) is 87.1 Å². The van der Waals surface area contributed by atoms with Gasteiger partial charge in [-0.05, 0) is 18.2 Å². The monoisotopic (exact) mass is 396 g/mol. The molecule has 24 heavy (non-hydrogen) atoms. The van der Waals surface area contributed by atoms with Crippen molar-refractivity contribution in [3.05, 3.63) is 28.7 Å². The Labute approximate surface area is 147 Å². The van der Waals surface area contributed by atoms with Crippen molar-refractivity contribution in [2.45, 2.75) is 12.5 Å². The molecule has 0 aromatic heterocycles. The minimum absolute atomic E-state index is 0.0168. The number of carbonyl (C=O) groups is 3. The molecule has 2 amide bonds. The number of hydrogen-bond donors (Lipinski definition) is 1. The van der Waals surface area contributed by atoms with Gasteiger partial charge in [0, 0.05) is 29.7 Å². The van der Waals surface area contributed by atoms with Gasteiger partial charge in [0.15, 0.2) is 6.04 Å². The summed E-state index contributed by atoms with van der Waals surface area (Å²) in [5, 5.41) is 9.26. The molecule has 0 saturated carbocycles. The summed E-state index contributed by atoms with van der Waals surface area (Å²) in [6.07, 6.45) is 0.0923. The quantitative estimate of drug-likeness (QED) is 0.826. The van der Waals surface area contributed by atoms with Crippen molar-refractivity contribution in [3.8, 4) is 0 Å². The number of benzene rings is 1. The fraction of sp³-hybridized carbons (Fsp3) is 0.438. The maximum Gasteiger partial charge on any atom is 0.328 e. The van der Waals surface area contributed by atoms with Crippen molar-refractivity contribution in [1.82, 2.24) is 4.90 Å². The molecule has 3 rings (SSSR count). The summed E-state index contributed by atoms with van der Waals surface area (Å²) in [5.41, 5.74) is 0.724. The molecule has 2 aliphatic heterocycles. The van der Waals surface area contributed by atoms with Gasteiger partial charge in [0.2, 0.25) is 11.8 Å². The minimum atomic E-state index is -1.09. The number of halogens is 1. The lowest BCUT2D eigenvalue weighted by molar-refractivity contribution is -0.160. The zero-order valence-corrected chi connectivity index (χ0v) is 14.4. The Morgan fingerprint density at radius 3 is 2.83 bits per heavy atom. The number of ether oxygens (including phenoxy) is 1. The molecule has 2 fully saturated rings. The summed E-state index contributed by atoms with van der Waals surface area (Å²) in [6, 6.07) is 6.33. The Morgan fingerprint density at radius 1 is 1.33 bits per heavy atom. The standard InChI is InChI=1S/C16H17BrN2O5/c17-11-2-1-3-12(7-11)19-8-10(6-14(19)20)15(21)18-4-5-24-9-13(18)16(22)23/h1-3,7,10,13H,4-6,8-9H2,(H,22,23). The average molecular weight is 397 g/mol. The molecule has 2 unspecified atom stereocenters. The number of carbonyl (C=O) groups excluding carboxylic acids is 2. The Kier molecular flexibility index (Phi) is 4.86. The van der Waals surface area contributed by atoms with E-state index in [1.165, 1.54) is 4.90 Å². The molecule has 0 aliphatic carbocycles. The van der Waals surface area contributed by atoms with Gasteiger partial charge in [0.25, 0.3) is 0 Å². The van der Waals surface area contributed by atoms with E-state index in [1.54, 1.807) is 4.90 Å². The summed E-state index contributed by atoms with van der Waals surface area (Å²) >= 11 is 3.37. The molecule has 2 saturated heterocycles. The molecule has 128 valence electrons. The van der Waals surface area contributed by atoms with Crippen LogP contribution in [0.2, 0.25) is 0 Å². The molecule has 1 N–H and O–H groups in total. The van der Waals surface area contributed by atoms with Crippen LogP contribution in [-0.2, 0) is 19.1 Å². The van der Waals surface area contributed by atoms with Crippen LogP contribution < -0.4 is 4.90 Å². The smallest absolute Gasteiger partial charge is 0.328 e. The molecule has 2 aliphatic rings. The Balaban J connectivity index is 1.75. The lowest BCUT2D eigenvalue weighted by atomic mass is 10.1. The van der Waals surface area contributed by atoms with E-state index in [1.807, 2.05) is 24.3 Å². The molecule has 2 atom stereocenters. The van der Waals surface area contributed by atoms with Crippen molar-refractivity contribution in [2.24, 2.45) is 5.92 Å². The molecule has 0 bridgehead atoms. The first-order valence-electron chi connectivity index (χ1n) is 7.64. The third-order valence-electron chi connectivity index (χ3n) is 4.29. The van der Waals surface area contributed by atoms with Gasteiger partial charge in [-0.2, -0.15) is 0 Å². The van der Waals surface area contributed by atoms with Crippen LogP contribution in [0.25, 0.3) is 0 Å². The summed E-state index contributed by atoms with van der Waals surface area (Å²) in [7, 11) is 0. The van der Waals surface area contributed by atoms with Crippen molar-refractivity contribution < 1.29 is 24.2 Å². The van der Waals surface area contributed by atoms with E-state index in [0.717, 1.165) is 10.2 Å². The lowest BCUT2D eigenvalue weighted by Gasteiger charge is -2.34. The van der Waals surface area contributed by atoms with Crippen LogP contribution in [-0.4, -0.2) is 60.1 Å². The largest absolute Gasteiger partial charge is 0.480 e. The maximum absolute atomic E-state index is 12.7. The number of anilines is 1. The van der Waals surface area contributed by atoms with Gasteiger partial charge in [-0.1, -0.05) is 22.0 Å². The second kappa shape index (κ2) is 6.90. The SMILES string of the molecule is O=C(O)C1COCCN1C(=O)C1CC(=O)N(c2cccc(Br)c2)C1. The predicted molar refractivity (Wildman–Crippen MR) is 88.6 cm³/mol. The van der Waals surface area contributed by atoms with Gasteiger partial charge in [-0.15, -0.1) is 0 Å². The highest BCUT2D eigenvalue weighted by atomic mass is 79.9. The highest BCUT2D eigenvalue weighted by Crippen LogP contribution is 2.29. The van der Waals surface area contributed by atoms with Gasteiger partial charge in [0.05, 0.1) is 19.1 Å². The van der Waals surface area contributed by atoms with Gasteiger partial charge >= 0.3 is 5.97 Å². The highest BCUT2D eigenvalue weighted by molar-refractivity contribution is 9.10. The van der Waals surface area contributed by atoms with Gasteiger partial charge in [0.1, 0.15) is 0 Å². The first kappa shape index (κ1) is 16.9. The molecule has 1 aromatic rings. The summed E-state index contributed by atoms with van der Waals surface area (Å²) < 4.78 is 6.00. The van der Waals surface area contributed by atoms with E-state index in [4.69, 9.17) is 4.74 Å². The van der Waals surface area contributed by atoms with Crippen LogP contribution >= 0.6 is 15.9 Å². The van der Waals surface area contributed by atoms with Gasteiger partial charge < -0.3 is 19.6 Å². The second-order valence-electron chi connectivity index (χ2n) is 5.85. The number of amides is 2. The van der Waals surface area contributed by atoms with E-state index in [-0.39, 0.29) is 37.9 Å². The molecule has 0 radical (unpaired) electrons. The number of carboxylic acid groups (broad SMARTS) is 1. The molecular weight excluding hydrogens is 380 g/mol. The second-order valence-corrected chi connectivity index (χ2v) is 6.76. The van der Waals surface area contributed by atoms with Crippen LogP contribution in [0.5, 0.6) is 0 Å². The van der Waals surface area contributed by atoms with Crippen LogP contribution in [0.1, 0.15) is 6.42 Å². The van der Waals surface area contributed by atoms with Crippen molar-refractivity contribution in [2.75, 3.05) is 31.2 Å². The molecule has 7 nitrogen and oxygen atoms in total. The summed E-state index contributed by atoms with van der Waals surface area (Å²) in [4.78, 5) is 39.2. The number of hydrogen-bond acceptors (Lipinski definition) is 4. The molecular formula is C16H17BrN2O5. The fourth-order valence-electron chi connectivity index (χ4n) is 3.07. The van der Waals surface area contributed by atoms with Crippen LogP contribution in [0.3, 0.4) is 0 Å². The number of morpholine rings is 1. The Morgan fingerprint density at radius 2 is 2.12 bits per heavy atom. The van der Waals surface area contributed by atoms with E-state index < -0.39 is 17.9 Å². The number of nitrogens with zero attached hydrogens (tertiary/aromatic N) is 2. The third-order valence-corrected chi connectivity index (χ3v) is 4.78. The molecule has 2 heterocycles. The van der Waals surface area contributed by atoms with E-state index >= 15 is 0 Å².